The van der Waals surface area contributed by atoms with Gasteiger partial charge in [0.2, 0.25) is 5.89 Å². The first kappa shape index (κ1) is 13.5. The average Bonchev–Trinajstić information content (AvgIpc) is 3.23. The Morgan fingerprint density at radius 2 is 1.48 bits per heavy atom. The van der Waals surface area contributed by atoms with Gasteiger partial charge in [0.05, 0.1) is 23.1 Å². The lowest BCUT2D eigenvalue weighted by molar-refractivity contribution is 0.584. The zero-order chi connectivity index (χ0) is 15.6. The molecule has 4 aromatic rings. The zero-order valence-electron chi connectivity index (χ0n) is 12.5. The molecule has 0 radical (unpaired) electrons. The Labute approximate surface area is 133 Å². The van der Waals surface area contributed by atoms with Crippen LogP contribution in [0, 0.1) is 6.92 Å². The van der Waals surface area contributed by atoms with Crippen LogP contribution in [0.4, 0.5) is 0 Å². The highest BCUT2D eigenvalue weighted by Gasteiger charge is 2.16. The number of para-hydroxylation sites is 1. The standard InChI is InChI=1S/C18H14N4O/c1-13-16(12-19-22(13)15-10-6-3-7-11-15)18-21-20-17(23-18)14-8-4-2-5-9-14/h2-12H,1H3. The summed E-state index contributed by atoms with van der Waals surface area (Å²) in [6.07, 6.45) is 1.75. The maximum absolute atomic E-state index is 5.81. The molecule has 2 aromatic heterocycles. The number of aromatic nitrogens is 4. The van der Waals surface area contributed by atoms with Crippen LogP contribution in [0.15, 0.2) is 71.3 Å². The highest BCUT2D eigenvalue weighted by molar-refractivity contribution is 5.59. The van der Waals surface area contributed by atoms with Gasteiger partial charge in [0.1, 0.15) is 0 Å². The van der Waals surface area contributed by atoms with Crippen LogP contribution in [0.25, 0.3) is 28.6 Å². The molecule has 0 saturated carbocycles. The monoisotopic (exact) mass is 302 g/mol. The minimum absolute atomic E-state index is 0.475. The van der Waals surface area contributed by atoms with E-state index in [1.54, 1.807) is 6.20 Å². The summed E-state index contributed by atoms with van der Waals surface area (Å²) in [5.41, 5.74) is 3.70. The predicted octanol–water partition coefficient (Wildman–Crippen LogP) is 3.90. The van der Waals surface area contributed by atoms with Crippen molar-refractivity contribution in [2.45, 2.75) is 6.92 Å². The molecular formula is C18H14N4O. The molecule has 2 heterocycles. The van der Waals surface area contributed by atoms with Crippen molar-refractivity contribution in [1.82, 2.24) is 20.0 Å². The Morgan fingerprint density at radius 3 is 2.22 bits per heavy atom. The first-order valence-electron chi connectivity index (χ1n) is 7.32. The topological polar surface area (TPSA) is 56.7 Å². The minimum atomic E-state index is 0.475. The number of benzene rings is 2. The highest BCUT2D eigenvalue weighted by atomic mass is 16.4. The Balaban J connectivity index is 1.73. The maximum atomic E-state index is 5.81. The van der Waals surface area contributed by atoms with E-state index >= 15 is 0 Å². The average molecular weight is 302 g/mol. The molecule has 0 aliphatic heterocycles. The van der Waals surface area contributed by atoms with Crippen molar-refractivity contribution in [2.24, 2.45) is 0 Å². The van der Waals surface area contributed by atoms with E-state index in [0.717, 1.165) is 22.5 Å². The lowest BCUT2D eigenvalue weighted by Gasteiger charge is -2.03. The summed E-state index contributed by atoms with van der Waals surface area (Å²) >= 11 is 0. The molecule has 0 aliphatic rings. The van der Waals surface area contributed by atoms with Gasteiger partial charge in [-0.3, -0.25) is 0 Å². The molecular weight excluding hydrogens is 288 g/mol. The quantitative estimate of drug-likeness (QED) is 0.576. The van der Waals surface area contributed by atoms with E-state index in [1.165, 1.54) is 0 Å². The van der Waals surface area contributed by atoms with Crippen molar-refractivity contribution in [3.8, 4) is 28.6 Å². The molecule has 5 heteroatoms. The van der Waals surface area contributed by atoms with Crippen LogP contribution in [0.3, 0.4) is 0 Å². The van der Waals surface area contributed by atoms with Crippen LogP contribution in [0.5, 0.6) is 0 Å². The summed E-state index contributed by atoms with van der Waals surface area (Å²) in [5.74, 6) is 0.982. The first-order chi connectivity index (χ1) is 11.3. The van der Waals surface area contributed by atoms with Gasteiger partial charge in [0.25, 0.3) is 5.89 Å². The van der Waals surface area contributed by atoms with E-state index in [9.17, 15) is 0 Å². The van der Waals surface area contributed by atoms with Gasteiger partial charge in [0, 0.05) is 5.56 Å². The Hall–Kier alpha value is -3.21. The molecule has 0 aliphatic carbocycles. The van der Waals surface area contributed by atoms with Crippen molar-refractivity contribution in [3.05, 3.63) is 72.6 Å². The second kappa shape index (κ2) is 5.53. The summed E-state index contributed by atoms with van der Waals surface area (Å²) in [4.78, 5) is 0. The van der Waals surface area contributed by atoms with Crippen LogP contribution < -0.4 is 0 Å². The maximum Gasteiger partial charge on any atom is 0.251 e. The third kappa shape index (κ3) is 2.42. The molecule has 2 aromatic carbocycles. The van der Waals surface area contributed by atoms with Crippen LogP contribution >= 0.6 is 0 Å². The molecule has 0 N–H and O–H groups in total. The Kier molecular flexibility index (Phi) is 3.24. The Morgan fingerprint density at radius 1 is 0.826 bits per heavy atom. The lowest BCUT2D eigenvalue weighted by Crippen LogP contribution is -1.98. The van der Waals surface area contributed by atoms with Crippen molar-refractivity contribution >= 4 is 0 Å². The third-order valence-electron chi connectivity index (χ3n) is 3.69. The van der Waals surface area contributed by atoms with Gasteiger partial charge in [-0.25, -0.2) is 4.68 Å². The van der Waals surface area contributed by atoms with Gasteiger partial charge in [-0.05, 0) is 31.2 Å². The van der Waals surface area contributed by atoms with Gasteiger partial charge in [-0.15, -0.1) is 10.2 Å². The van der Waals surface area contributed by atoms with E-state index < -0.39 is 0 Å². The summed E-state index contributed by atoms with van der Waals surface area (Å²) in [5, 5.41) is 12.7. The van der Waals surface area contributed by atoms with Crippen molar-refractivity contribution < 1.29 is 4.42 Å². The fourth-order valence-corrected chi connectivity index (χ4v) is 2.48. The normalized spacial score (nSPS) is 10.8. The van der Waals surface area contributed by atoms with Crippen molar-refractivity contribution in [1.29, 1.82) is 0 Å². The van der Waals surface area contributed by atoms with Crippen molar-refractivity contribution in [3.63, 3.8) is 0 Å². The van der Waals surface area contributed by atoms with E-state index in [-0.39, 0.29) is 0 Å². The molecule has 112 valence electrons. The molecule has 0 spiro atoms. The smallest absolute Gasteiger partial charge is 0.251 e. The summed E-state index contributed by atoms with van der Waals surface area (Å²) in [7, 11) is 0. The summed E-state index contributed by atoms with van der Waals surface area (Å²) in [6, 6.07) is 19.7. The third-order valence-corrected chi connectivity index (χ3v) is 3.69. The summed E-state index contributed by atoms with van der Waals surface area (Å²) < 4.78 is 7.67. The minimum Gasteiger partial charge on any atom is -0.416 e. The van der Waals surface area contributed by atoms with Crippen LogP contribution in [0.2, 0.25) is 0 Å². The Bertz CT molecular complexity index is 926. The summed E-state index contributed by atoms with van der Waals surface area (Å²) in [6.45, 7) is 1.99. The van der Waals surface area contributed by atoms with Crippen molar-refractivity contribution in [2.75, 3.05) is 0 Å². The number of hydrogen-bond acceptors (Lipinski definition) is 4. The van der Waals surface area contributed by atoms with Gasteiger partial charge in [0.15, 0.2) is 0 Å². The second-order valence-corrected chi connectivity index (χ2v) is 5.17. The largest absolute Gasteiger partial charge is 0.416 e. The molecule has 0 saturated heterocycles. The van der Waals surface area contributed by atoms with Crippen LogP contribution in [-0.2, 0) is 0 Å². The molecule has 23 heavy (non-hydrogen) atoms. The predicted molar refractivity (Wildman–Crippen MR) is 87.0 cm³/mol. The highest BCUT2D eigenvalue weighted by Crippen LogP contribution is 2.27. The second-order valence-electron chi connectivity index (χ2n) is 5.17. The molecule has 0 atom stereocenters. The lowest BCUT2D eigenvalue weighted by atomic mass is 10.2. The van der Waals surface area contributed by atoms with Gasteiger partial charge in [-0.1, -0.05) is 36.4 Å². The molecule has 5 nitrogen and oxygen atoms in total. The number of nitrogens with zero attached hydrogens (tertiary/aromatic N) is 4. The molecule has 0 fully saturated rings. The molecule has 0 amide bonds. The molecule has 0 unspecified atom stereocenters. The SMILES string of the molecule is Cc1c(-c2nnc(-c3ccccc3)o2)cnn1-c1ccccc1. The van der Waals surface area contributed by atoms with E-state index in [2.05, 4.69) is 15.3 Å². The van der Waals surface area contributed by atoms with Crippen LogP contribution in [0.1, 0.15) is 5.69 Å². The molecule has 4 rings (SSSR count). The van der Waals surface area contributed by atoms with Gasteiger partial charge >= 0.3 is 0 Å². The van der Waals surface area contributed by atoms with Gasteiger partial charge < -0.3 is 4.42 Å². The van der Waals surface area contributed by atoms with E-state index in [4.69, 9.17) is 4.42 Å². The first-order valence-corrected chi connectivity index (χ1v) is 7.32. The fourth-order valence-electron chi connectivity index (χ4n) is 2.48. The number of rotatable bonds is 3. The zero-order valence-corrected chi connectivity index (χ0v) is 12.5. The van der Waals surface area contributed by atoms with Gasteiger partial charge in [-0.2, -0.15) is 5.10 Å². The fraction of sp³-hybridized carbons (Fsp3) is 0.0556. The van der Waals surface area contributed by atoms with Crippen LogP contribution in [-0.4, -0.2) is 20.0 Å². The molecule has 0 bridgehead atoms. The van der Waals surface area contributed by atoms with E-state index in [1.807, 2.05) is 72.3 Å². The van der Waals surface area contributed by atoms with E-state index in [0.29, 0.717) is 11.8 Å². The number of hydrogen-bond donors (Lipinski definition) is 0.